The van der Waals surface area contributed by atoms with Crippen molar-refractivity contribution in [1.82, 2.24) is 4.90 Å². The van der Waals surface area contributed by atoms with Crippen LogP contribution in [-0.4, -0.2) is 29.8 Å². The van der Waals surface area contributed by atoms with Crippen LogP contribution in [0.1, 0.15) is 44.2 Å². The standard InChI is InChI=1S/C22H20N2O2S2/c1-2-14-5-6-17-16(12-14)21(25)22(26)24(17)13-23-9-7-18-15(8-11-28-18)20(23)19-4-3-10-27-19/h3-6,8,10-12,20H,2,7,9,13H2,1H3/t20-/m0/s1. The van der Waals surface area contributed by atoms with E-state index in [1.807, 2.05) is 29.5 Å². The second kappa shape index (κ2) is 6.95. The fourth-order valence-corrected chi connectivity index (χ4v) is 5.97. The number of thiophene rings is 2. The largest absolute Gasteiger partial charge is 0.300 e. The smallest absolute Gasteiger partial charge is 0.291 e. The highest BCUT2D eigenvalue weighted by molar-refractivity contribution is 7.10. The average molecular weight is 409 g/mol. The summed E-state index contributed by atoms with van der Waals surface area (Å²) in [5.41, 5.74) is 3.70. The summed E-state index contributed by atoms with van der Waals surface area (Å²) in [5, 5.41) is 4.25. The van der Waals surface area contributed by atoms with Crippen molar-refractivity contribution in [2.45, 2.75) is 25.8 Å². The van der Waals surface area contributed by atoms with Crippen molar-refractivity contribution in [2.24, 2.45) is 0 Å². The maximum atomic E-state index is 12.8. The van der Waals surface area contributed by atoms with Gasteiger partial charge in [0.05, 0.1) is 24.0 Å². The summed E-state index contributed by atoms with van der Waals surface area (Å²) in [4.78, 5) is 32.0. The van der Waals surface area contributed by atoms with E-state index in [1.54, 1.807) is 16.2 Å². The van der Waals surface area contributed by atoms with Crippen LogP contribution in [0.25, 0.3) is 0 Å². The van der Waals surface area contributed by atoms with Gasteiger partial charge in [-0.1, -0.05) is 19.1 Å². The summed E-state index contributed by atoms with van der Waals surface area (Å²) in [6.07, 6.45) is 1.83. The Kier molecular flexibility index (Phi) is 4.42. The van der Waals surface area contributed by atoms with Crippen molar-refractivity contribution < 1.29 is 9.59 Å². The first-order valence-electron chi connectivity index (χ1n) is 9.50. The van der Waals surface area contributed by atoms with Crippen molar-refractivity contribution in [2.75, 3.05) is 18.1 Å². The lowest BCUT2D eigenvalue weighted by molar-refractivity contribution is -0.114. The zero-order valence-electron chi connectivity index (χ0n) is 15.6. The van der Waals surface area contributed by atoms with Gasteiger partial charge in [-0.3, -0.25) is 19.4 Å². The van der Waals surface area contributed by atoms with E-state index in [2.05, 4.69) is 40.8 Å². The average Bonchev–Trinajstić information content (AvgIpc) is 3.45. The van der Waals surface area contributed by atoms with Crippen molar-refractivity contribution in [3.63, 3.8) is 0 Å². The Hall–Kier alpha value is -2.28. The second-order valence-corrected chi connectivity index (χ2v) is 9.17. The van der Waals surface area contributed by atoms with Crippen LogP contribution in [0.4, 0.5) is 5.69 Å². The summed E-state index contributed by atoms with van der Waals surface area (Å²) in [7, 11) is 0. The van der Waals surface area contributed by atoms with Gasteiger partial charge in [0.2, 0.25) is 0 Å². The third-order valence-electron chi connectivity index (χ3n) is 5.65. The van der Waals surface area contributed by atoms with Crippen LogP contribution in [0, 0.1) is 0 Å². The molecule has 0 bridgehead atoms. The highest BCUT2D eigenvalue weighted by atomic mass is 32.1. The molecule has 0 N–H and O–H groups in total. The lowest BCUT2D eigenvalue weighted by Gasteiger charge is -2.37. The van der Waals surface area contributed by atoms with Crippen molar-refractivity contribution in [3.8, 4) is 0 Å². The fraction of sp³-hybridized carbons (Fsp3) is 0.273. The molecule has 28 heavy (non-hydrogen) atoms. The number of Topliss-reactive ketones (excluding diaryl/α,β-unsaturated/α-hetero) is 1. The Morgan fingerprint density at radius 2 is 2.00 bits per heavy atom. The first-order valence-corrected chi connectivity index (χ1v) is 11.3. The SMILES string of the molecule is CCc1ccc2c(c1)C(=O)C(=O)N2CN1CCc2sccc2[C@H]1c1cccs1. The predicted octanol–water partition coefficient (Wildman–Crippen LogP) is 4.51. The van der Waals surface area contributed by atoms with E-state index < -0.39 is 5.91 Å². The van der Waals surface area contributed by atoms with Gasteiger partial charge in [-0.05, 0) is 59.0 Å². The van der Waals surface area contributed by atoms with Crippen LogP contribution >= 0.6 is 22.7 Å². The molecule has 142 valence electrons. The number of nitrogens with zero attached hydrogens (tertiary/aromatic N) is 2. The number of fused-ring (bicyclic) bond motifs is 2. The number of hydrogen-bond donors (Lipinski definition) is 0. The topological polar surface area (TPSA) is 40.6 Å². The third-order valence-corrected chi connectivity index (χ3v) is 7.57. The molecule has 4 nitrogen and oxygen atoms in total. The molecule has 0 spiro atoms. The Morgan fingerprint density at radius 3 is 2.79 bits per heavy atom. The molecule has 2 aromatic heterocycles. The molecule has 2 aliphatic heterocycles. The van der Waals surface area contributed by atoms with Crippen molar-refractivity contribution in [3.05, 3.63) is 73.6 Å². The predicted molar refractivity (Wildman–Crippen MR) is 113 cm³/mol. The van der Waals surface area contributed by atoms with Crippen LogP contribution in [0.5, 0.6) is 0 Å². The molecule has 5 rings (SSSR count). The molecule has 0 unspecified atom stereocenters. The lowest BCUT2D eigenvalue weighted by atomic mass is 9.99. The number of benzene rings is 1. The highest BCUT2D eigenvalue weighted by Gasteiger charge is 2.39. The van der Waals surface area contributed by atoms with Gasteiger partial charge in [0.15, 0.2) is 0 Å². The highest BCUT2D eigenvalue weighted by Crippen LogP contribution is 2.40. The normalized spacial score (nSPS) is 19.2. The Balaban J connectivity index is 1.51. The second-order valence-electron chi connectivity index (χ2n) is 7.19. The first-order chi connectivity index (χ1) is 13.7. The van der Waals surface area contributed by atoms with Crippen molar-refractivity contribution in [1.29, 1.82) is 0 Å². The van der Waals surface area contributed by atoms with Gasteiger partial charge in [-0.25, -0.2) is 0 Å². The molecule has 1 aromatic carbocycles. The lowest BCUT2D eigenvalue weighted by Crippen LogP contribution is -2.45. The molecule has 3 aromatic rings. The number of carbonyl (C=O) groups is 2. The minimum Gasteiger partial charge on any atom is -0.291 e. The van der Waals surface area contributed by atoms with Crippen LogP contribution in [0.3, 0.4) is 0 Å². The van der Waals surface area contributed by atoms with Gasteiger partial charge < -0.3 is 0 Å². The minimum absolute atomic E-state index is 0.136. The molecule has 2 aliphatic rings. The van der Waals surface area contributed by atoms with Gasteiger partial charge in [0.1, 0.15) is 0 Å². The molecule has 0 aliphatic carbocycles. The van der Waals surface area contributed by atoms with Crippen LogP contribution in [0.2, 0.25) is 0 Å². The van der Waals surface area contributed by atoms with E-state index >= 15 is 0 Å². The van der Waals surface area contributed by atoms with Gasteiger partial charge in [-0.15, -0.1) is 22.7 Å². The first kappa shape index (κ1) is 17.8. The molecular weight excluding hydrogens is 388 g/mol. The van der Waals surface area contributed by atoms with Crippen LogP contribution < -0.4 is 4.90 Å². The van der Waals surface area contributed by atoms with Crippen LogP contribution in [-0.2, 0) is 17.6 Å². The maximum absolute atomic E-state index is 12.8. The van der Waals surface area contributed by atoms with Gasteiger partial charge in [0, 0.05) is 16.3 Å². The summed E-state index contributed by atoms with van der Waals surface area (Å²) >= 11 is 3.55. The molecule has 0 saturated carbocycles. The van der Waals surface area contributed by atoms with E-state index in [4.69, 9.17) is 0 Å². The molecular formula is C22H20N2O2S2. The van der Waals surface area contributed by atoms with E-state index in [1.165, 1.54) is 15.3 Å². The Morgan fingerprint density at radius 1 is 1.11 bits per heavy atom. The Bertz CT molecular complexity index is 1050. The number of anilines is 1. The monoisotopic (exact) mass is 408 g/mol. The number of rotatable bonds is 4. The summed E-state index contributed by atoms with van der Waals surface area (Å²) in [5.74, 6) is -0.796. The molecule has 6 heteroatoms. The number of amides is 1. The number of hydrogen-bond acceptors (Lipinski definition) is 5. The van der Waals surface area contributed by atoms with E-state index in [0.717, 1.165) is 30.6 Å². The van der Waals surface area contributed by atoms with E-state index in [9.17, 15) is 9.59 Å². The molecule has 0 radical (unpaired) electrons. The zero-order chi connectivity index (χ0) is 19.3. The molecule has 4 heterocycles. The number of ketones is 1. The van der Waals surface area contributed by atoms with Gasteiger partial charge in [0.25, 0.3) is 5.78 Å². The fourth-order valence-electron chi connectivity index (χ4n) is 4.19. The Labute approximate surface area is 172 Å². The quantitative estimate of drug-likeness (QED) is 0.597. The maximum Gasteiger partial charge on any atom is 0.300 e. The summed E-state index contributed by atoms with van der Waals surface area (Å²) < 4.78 is 0. The van der Waals surface area contributed by atoms with Crippen LogP contribution in [0.15, 0.2) is 47.2 Å². The summed E-state index contributed by atoms with van der Waals surface area (Å²) in [6, 6.07) is 12.4. The number of carbonyl (C=O) groups excluding carboxylic acids is 2. The molecule has 0 saturated heterocycles. The minimum atomic E-state index is -0.413. The third kappa shape index (κ3) is 2.75. The van der Waals surface area contributed by atoms with Crippen molar-refractivity contribution >= 4 is 40.1 Å². The van der Waals surface area contributed by atoms with E-state index in [-0.39, 0.29) is 11.8 Å². The van der Waals surface area contributed by atoms with E-state index in [0.29, 0.717) is 12.2 Å². The zero-order valence-corrected chi connectivity index (χ0v) is 17.2. The number of aryl methyl sites for hydroxylation is 1. The molecule has 1 amide bonds. The van der Waals surface area contributed by atoms with Gasteiger partial charge in [-0.2, -0.15) is 0 Å². The van der Waals surface area contributed by atoms with Gasteiger partial charge >= 0.3 is 5.91 Å². The molecule has 1 atom stereocenters. The summed E-state index contributed by atoms with van der Waals surface area (Å²) in [6.45, 7) is 3.36. The molecule has 0 fully saturated rings.